The monoisotopic (exact) mass is 311 g/mol. The molecule has 1 aliphatic heterocycles. The highest BCUT2D eigenvalue weighted by molar-refractivity contribution is 5.60. The summed E-state index contributed by atoms with van der Waals surface area (Å²) in [5, 5.41) is 6.59. The normalized spacial score (nSPS) is 14.0. The largest absolute Gasteiger partial charge is 0.372 e. The third-order valence-electron chi connectivity index (χ3n) is 4.09. The Hall–Kier alpha value is -2.30. The fourth-order valence-corrected chi connectivity index (χ4v) is 2.77. The van der Waals surface area contributed by atoms with Gasteiger partial charge in [-0.3, -0.25) is 0 Å². The molecule has 2 N–H and O–H groups in total. The number of nitrogens with one attached hydrogen (secondary N) is 2. The lowest BCUT2D eigenvalue weighted by atomic mass is 10.2. The van der Waals surface area contributed by atoms with E-state index < -0.39 is 0 Å². The van der Waals surface area contributed by atoms with Gasteiger partial charge in [-0.05, 0) is 49.6 Å². The van der Waals surface area contributed by atoms with E-state index in [9.17, 15) is 0 Å². The second-order valence-corrected chi connectivity index (χ2v) is 5.91. The second-order valence-electron chi connectivity index (χ2n) is 5.91. The van der Waals surface area contributed by atoms with Crippen LogP contribution in [0.5, 0.6) is 0 Å². The molecule has 0 atom stereocenters. The van der Waals surface area contributed by atoms with E-state index in [-0.39, 0.29) is 0 Å². The summed E-state index contributed by atoms with van der Waals surface area (Å²) < 4.78 is 0. The minimum Gasteiger partial charge on any atom is -0.372 e. The number of benzene rings is 1. The third kappa shape index (κ3) is 4.34. The molecule has 1 saturated heterocycles. The van der Waals surface area contributed by atoms with Gasteiger partial charge < -0.3 is 15.5 Å². The van der Waals surface area contributed by atoms with Gasteiger partial charge in [-0.15, -0.1) is 0 Å². The molecule has 3 rings (SSSR count). The van der Waals surface area contributed by atoms with Crippen LogP contribution in [0.2, 0.25) is 0 Å². The summed E-state index contributed by atoms with van der Waals surface area (Å²) in [4.78, 5) is 11.2. The number of aromatic nitrogens is 2. The zero-order valence-electron chi connectivity index (χ0n) is 13.8. The Balaban J connectivity index is 1.61. The lowest BCUT2D eigenvalue weighted by Crippen LogP contribution is -2.17. The van der Waals surface area contributed by atoms with E-state index in [1.807, 2.05) is 6.07 Å². The Labute approximate surface area is 138 Å². The van der Waals surface area contributed by atoms with Crippen LogP contribution in [0, 0.1) is 0 Å². The van der Waals surface area contributed by atoms with E-state index in [1.165, 1.54) is 38.0 Å². The molecule has 23 heavy (non-hydrogen) atoms. The van der Waals surface area contributed by atoms with E-state index in [4.69, 9.17) is 0 Å². The Bertz CT molecular complexity index is 605. The quantitative estimate of drug-likeness (QED) is 0.756. The van der Waals surface area contributed by atoms with Crippen molar-refractivity contribution in [1.82, 2.24) is 9.97 Å². The summed E-state index contributed by atoms with van der Waals surface area (Å²) in [6, 6.07) is 10.4. The van der Waals surface area contributed by atoms with Crippen molar-refractivity contribution in [2.45, 2.75) is 32.6 Å². The topological polar surface area (TPSA) is 53.1 Å². The van der Waals surface area contributed by atoms with Gasteiger partial charge in [0.25, 0.3) is 0 Å². The lowest BCUT2D eigenvalue weighted by Gasteiger charge is -2.17. The predicted octanol–water partition coefficient (Wildman–Crippen LogP) is 4.03. The molecule has 0 saturated carbocycles. The molecule has 5 heteroatoms. The van der Waals surface area contributed by atoms with Crippen LogP contribution in [0.4, 0.5) is 23.1 Å². The first kappa shape index (κ1) is 15.6. The summed E-state index contributed by atoms with van der Waals surface area (Å²) >= 11 is 0. The highest BCUT2D eigenvalue weighted by Crippen LogP contribution is 2.23. The molecular formula is C18H25N5. The van der Waals surface area contributed by atoms with E-state index in [0.29, 0.717) is 5.95 Å². The third-order valence-corrected chi connectivity index (χ3v) is 4.09. The number of rotatable bonds is 7. The summed E-state index contributed by atoms with van der Waals surface area (Å²) in [5.74, 6) is 1.49. The summed E-state index contributed by atoms with van der Waals surface area (Å²) in [6.45, 7) is 5.46. The van der Waals surface area contributed by atoms with Crippen LogP contribution < -0.4 is 15.5 Å². The predicted molar refractivity (Wildman–Crippen MR) is 96.6 cm³/mol. The van der Waals surface area contributed by atoms with Crippen molar-refractivity contribution in [2.75, 3.05) is 35.2 Å². The van der Waals surface area contributed by atoms with E-state index in [0.717, 1.165) is 24.5 Å². The molecule has 2 heterocycles. The Morgan fingerprint density at radius 2 is 1.87 bits per heavy atom. The van der Waals surface area contributed by atoms with Gasteiger partial charge in [0.05, 0.1) is 0 Å². The summed E-state index contributed by atoms with van der Waals surface area (Å²) in [5.41, 5.74) is 2.31. The van der Waals surface area contributed by atoms with Gasteiger partial charge >= 0.3 is 0 Å². The smallest absolute Gasteiger partial charge is 0.229 e. The number of anilines is 4. The lowest BCUT2D eigenvalue weighted by molar-refractivity contribution is 0.830. The van der Waals surface area contributed by atoms with Crippen molar-refractivity contribution in [3.05, 3.63) is 36.5 Å². The van der Waals surface area contributed by atoms with Crippen LogP contribution in [0.25, 0.3) is 0 Å². The molecule has 0 amide bonds. The van der Waals surface area contributed by atoms with Gasteiger partial charge in [-0.2, -0.15) is 4.98 Å². The Morgan fingerprint density at radius 3 is 2.61 bits per heavy atom. The molecule has 0 bridgehead atoms. The first-order valence-corrected chi connectivity index (χ1v) is 8.54. The van der Waals surface area contributed by atoms with Crippen molar-refractivity contribution in [3.8, 4) is 0 Å². The minimum atomic E-state index is 0.625. The average molecular weight is 311 g/mol. The van der Waals surface area contributed by atoms with E-state index in [2.05, 4.69) is 56.7 Å². The molecule has 0 aliphatic carbocycles. The standard InChI is InChI=1S/C18H25N5/c1-2-3-11-19-17-10-12-20-18(22-17)21-15-6-8-16(9-7-15)23-13-4-5-14-23/h6-10,12H,2-5,11,13-14H2,1H3,(H2,19,20,21,22). The Morgan fingerprint density at radius 1 is 1.09 bits per heavy atom. The summed E-state index contributed by atoms with van der Waals surface area (Å²) in [7, 11) is 0. The minimum absolute atomic E-state index is 0.625. The van der Waals surface area contributed by atoms with Crippen LogP contribution >= 0.6 is 0 Å². The van der Waals surface area contributed by atoms with Crippen molar-refractivity contribution in [2.24, 2.45) is 0 Å². The molecular weight excluding hydrogens is 286 g/mol. The molecule has 2 aromatic rings. The maximum absolute atomic E-state index is 4.50. The molecule has 1 aromatic carbocycles. The fourth-order valence-electron chi connectivity index (χ4n) is 2.77. The summed E-state index contributed by atoms with van der Waals surface area (Å²) in [6.07, 6.45) is 6.69. The highest BCUT2D eigenvalue weighted by Gasteiger charge is 2.11. The maximum atomic E-state index is 4.50. The fraction of sp³-hybridized carbons (Fsp3) is 0.444. The molecule has 1 aromatic heterocycles. The van der Waals surface area contributed by atoms with Gasteiger partial charge in [0.2, 0.25) is 5.95 Å². The van der Waals surface area contributed by atoms with Crippen molar-refractivity contribution in [3.63, 3.8) is 0 Å². The molecule has 122 valence electrons. The Kier molecular flexibility index (Phi) is 5.29. The van der Waals surface area contributed by atoms with Gasteiger partial charge in [0.15, 0.2) is 0 Å². The number of nitrogens with zero attached hydrogens (tertiary/aromatic N) is 3. The molecule has 5 nitrogen and oxygen atoms in total. The molecule has 0 spiro atoms. The van der Waals surface area contributed by atoms with E-state index >= 15 is 0 Å². The number of unbranched alkanes of at least 4 members (excludes halogenated alkanes) is 1. The van der Waals surface area contributed by atoms with Gasteiger partial charge in [-0.1, -0.05) is 13.3 Å². The van der Waals surface area contributed by atoms with Crippen molar-refractivity contribution in [1.29, 1.82) is 0 Å². The van der Waals surface area contributed by atoms with Crippen LogP contribution in [0.15, 0.2) is 36.5 Å². The molecule has 0 radical (unpaired) electrons. The van der Waals surface area contributed by atoms with E-state index in [1.54, 1.807) is 6.20 Å². The van der Waals surface area contributed by atoms with Gasteiger partial charge in [0, 0.05) is 37.2 Å². The van der Waals surface area contributed by atoms with Crippen molar-refractivity contribution >= 4 is 23.1 Å². The van der Waals surface area contributed by atoms with Gasteiger partial charge in [0.1, 0.15) is 5.82 Å². The second kappa shape index (κ2) is 7.81. The first-order chi connectivity index (χ1) is 11.3. The number of hydrogen-bond donors (Lipinski definition) is 2. The maximum Gasteiger partial charge on any atom is 0.229 e. The first-order valence-electron chi connectivity index (χ1n) is 8.54. The molecule has 1 fully saturated rings. The molecule has 1 aliphatic rings. The zero-order chi connectivity index (χ0) is 15.9. The molecule has 0 unspecified atom stereocenters. The van der Waals surface area contributed by atoms with Crippen LogP contribution in [-0.4, -0.2) is 29.6 Å². The van der Waals surface area contributed by atoms with Gasteiger partial charge in [-0.25, -0.2) is 4.98 Å². The van der Waals surface area contributed by atoms with Crippen LogP contribution in [0.1, 0.15) is 32.6 Å². The van der Waals surface area contributed by atoms with Crippen LogP contribution in [-0.2, 0) is 0 Å². The SMILES string of the molecule is CCCCNc1ccnc(Nc2ccc(N3CCCC3)cc2)n1. The number of hydrogen-bond acceptors (Lipinski definition) is 5. The van der Waals surface area contributed by atoms with Crippen LogP contribution in [0.3, 0.4) is 0 Å². The zero-order valence-corrected chi connectivity index (χ0v) is 13.8. The highest BCUT2D eigenvalue weighted by atomic mass is 15.2. The average Bonchev–Trinajstić information content (AvgIpc) is 3.11. The van der Waals surface area contributed by atoms with Crippen molar-refractivity contribution < 1.29 is 0 Å².